The highest BCUT2D eigenvalue weighted by atomic mass is 16.3. The Morgan fingerprint density at radius 1 is 0.553 bits per heavy atom. The zero-order valence-electron chi connectivity index (χ0n) is 21.1. The highest BCUT2D eigenvalue weighted by molar-refractivity contribution is 5.93. The van der Waals surface area contributed by atoms with Crippen LogP contribution in [-0.4, -0.2) is 36.4 Å². The van der Waals surface area contributed by atoms with Crippen molar-refractivity contribution in [3.63, 3.8) is 0 Å². The van der Waals surface area contributed by atoms with Crippen LogP contribution in [0.1, 0.15) is 45.2 Å². The summed E-state index contributed by atoms with van der Waals surface area (Å²) in [6, 6.07) is 18.7. The monoisotopic (exact) mass is 514 g/mol. The topological polar surface area (TPSA) is 138 Å². The van der Waals surface area contributed by atoms with Crippen molar-refractivity contribution in [3.8, 4) is 34.5 Å². The van der Waals surface area contributed by atoms with E-state index >= 15 is 0 Å². The van der Waals surface area contributed by atoms with Gasteiger partial charge in [0, 0.05) is 22.3 Å². The van der Waals surface area contributed by atoms with Crippen molar-refractivity contribution in [3.05, 3.63) is 106 Å². The third-order valence-corrected chi connectivity index (χ3v) is 7.06. The second kappa shape index (κ2) is 10.8. The minimum Gasteiger partial charge on any atom is -0.508 e. The predicted molar refractivity (Wildman–Crippen MR) is 143 cm³/mol. The third kappa shape index (κ3) is 5.37. The average molecular weight is 515 g/mol. The smallest absolute Gasteiger partial charge is 0.148 e. The Balaban J connectivity index is 1.86. The molecule has 196 valence electrons. The van der Waals surface area contributed by atoms with Gasteiger partial charge in [0.25, 0.3) is 0 Å². The molecule has 7 nitrogen and oxygen atoms in total. The summed E-state index contributed by atoms with van der Waals surface area (Å²) < 4.78 is 0. The number of carbonyl (C=O) groups excluding carboxylic acids is 1. The molecule has 0 aliphatic carbocycles. The fourth-order valence-electron chi connectivity index (χ4n) is 4.69. The summed E-state index contributed by atoms with van der Waals surface area (Å²) in [5.74, 6) is -2.50. The van der Waals surface area contributed by atoms with E-state index in [1.807, 2.05) is 0 Å². The van der Waals surface area contributed by atoms with Gasteiger partial charge in [-0.2, -0.15) is 0 Å². The quantitative estimate of drug-likeness (QED) is 0.184. The molecule has 0 aliphatic rings. The predicted octanol–water partition coefficient (Wildman–Crippen LogP) is 5.46. The first-order valence-electron chi connectivity index (χ1n) is 12.2. The van der Waals surface area contributed by atoms with Crippen molar-refractivity contribution in [2.75, 3.05) is 0 Å². The Labute approximate surface area is 220 Å². The second-order valence-corrected chi connectivity index (χ2v) is 9.54. The van der Waals surface area contributed by atoms with Crippen molar-refractivity contribution in [1.82, 2.24) is 0 Å². The molecule has 0 amide bonds. The SMILES string of the molecule is Cc1c(O)ccc(C(Cc2ccc(O)cc2)C(=O)C(Cc2ccc(O)cc2)c2ccc(O)c(C)c2O)c1O. The lowest BCUT2D eigenvalue weighted by molar-refractivity contribution is -0.122. The summed E-state index contributed by atoms with van der Waals surface area (Å²) in [5, 5.41) is 61.6. The maximum absolute atomic E-state index is 14.4. The van der Waals surface area contributed by atoms with E-state index in [2.05, 4.69) is 0 Å². The van der Waals surface area contributed by atoms with Crippen LogP contribution in [0.15, 0.2) is 72.8 Å². The molecule has 0 heterocycles. The van der Waals surface area contributed by atoms with E-state index in [0.29, 0.717) is 11.1 Å². The van der Waals surface area contributed by atoms with Gasteiger partial charge in [0.15, 0.2) is 0 Å². The van der Waals surface area contributed by atoms with Crippen molar-refractivity contribution in [1.29, 1.82) is 0 Å². The average Bonchev–Trinajstić information content (AvgIpc) is 2.90. The highest BCUT2D eigenvalue weighted by Gasteiger charge is 2.34. The number of ketones is 1. The molecule has 0 aliphatic heterocycles. The van der Waals surface area contributed by atoms with E-state index in [-0.39, 0.29) is 64.2 Å². The first-order valence-corrected chi connectivity index (χ1v) is 12.2. The molecule has 38 heavy (non-hydrogen) atoms. The molecule has 2 atom stereocenters. The Kier molecular flexibility index (Phi) is 7.48. The molecule has 4 rings (SSSR count). The minimum atomic E-state index is -0.880. The number of hydrogen-bond donors (Lipinski definition) is 6. The van der Waals surface area contributed by atoms with Gasteiger partial charge in [-0.1, -0.05) is 36.4 Å². The van der Waals surface area contributed by atoms with Crippen LogP contribution in [-0.2, 0) is 17.6 Å². The first kappa shape index (κ1) is 26.4. The number of rotatable bonds is 8. The van der Waals surface area contributed by atoms with E-state index in [4.69, 9.17) is 0 Å². The van der Waals surface area contributed by atoms with Gasteiger partial charge in [0.05, 0.1) is 11.8 Å². The molecular weight excluding hydrogens is 484 g/mol. The normalized spacial score (nSPS) is 12.7. The number of hydrogen-bond acceptors (Lipinski definition) is 7. The largest absolute Gasteiger partial charge is 0.508 e. The van der Waals surface area contributed by atoms with Crippen molar-refractivity contribution in [2.45, 2.75) is 38.5 Å². The number of phenolic OH excluding ortho intramolecular Hbond substituents is 6. The standard InChI is InChI=1S/C31H30O7/c1-17-27(34)13-11-23(29(17)36)25(15-19-3-7-21(32)8-4-19)31(38)26(16-20-5-9-22(33)10-6-20)24-12-14-28(35)18(2)30(24)37/h3-14,25-26,32-37H,15-16H2,1-2H3. The Hall–Kier alpha value is -4.65. The van der Waals surface area contributed by atoms with Gasteiger partial charge in [-0.25, -0.2) is 0 Å². The molecule has 2 unspecified atom stereocenters. The minimum absolute atomic E-state index is 0.0784. The van der Waals surface area contributed by atoms with Crippen LogP contribution in [0.3, 0.4) is 0 Å². The van der Waals surface area contributed by atoms with Crippen molar-refractivity contribution in [2.24, 2.45) is 0 Å². The van der Waals surface area contributed by atoms with Gasteiger partial charge in [-0.15, -0.1) is 0 Å². The molecule has 0 bridgehead atoms. The van der Waals surface area contributed by atoms with Gasteiger partial charge >= 0.3 is 0 Å². The van der Waals surface area contributed by atoms with Crippen LogP contribution in [0.25, 0.3) is 0 Å². The number of benzene rings is 4. The first-order chi connectivity index (χ1) is 18.1. The fraction of sp³-hybridized carbons (Fsp3) is 0.194. The lowest BCUT2D eigenvalue weighted by Crippen LogP contribution is -2.25. The molecule has 6 N–H and O–H groups in total. The summed E-state index contributed by atoms with van der Waals surface area (Å²) in [4.78, 5) is 14.4. The molecule has 0 saturated carbocycles. The number of Topliss-reactive ketones (excluding diaryl/α,β-unsaturated/α-hetero) is 1. The molecule has 0 fully saturated rings. The molecule has 0 spiro atoms. The van der Waals surface area contributed by atoms with Crippen LogP contribution >= 0.6 is 0 Å². The highest BCUT2D eigenvalue weighted by Crippen LogP contribution is 2.42. The van der Waals surface area contributed by atoms with E-state index in [1.54, 1.807) is 38.1 Å². The lowest BCUT2D eigenvalue weighted by atomic mass is 9.77. The zero-order valence-corrected chi connectivity index (χ0v) is 21.1. The maximum Gasteiger partial charge on any atom is 0.148 e. The molecular formula is C31H30O7. The molecule has 7 heteroatoms. The summed E-state index contributed by atoms with van der Waals surface area (Å²) >= 11 is 0. The van der Waals surface area contributed by atoms with E-state index in [9.17, 15) is 35.4 Å². The van der Waals surface area contributed by atoms with Gasteiger partial charge in [-0.3, -0.25) is 4.79 Å². The zero-order chi connectivity index (χ0) is 27.6. The number of carbonyl (C=O) groups is 1. The third-order valence-electron chi connectivity index (χ3n) is 7.06. The molecule has 0 aromatic heterocycles. The summed E-state index contributed by atoms with van der Waals surface area (Å²) in [7, 11) is 0. The van der Waals surface area contributed by atoms with Crippen LogP contribution in [0.5, 0.6) is 34.5 Å². The summed E-state index contributed by atoms with van der Waals surface area (Å²) in [6.07, 6.45) is 0.363. The molecule has 0 radical (unpaired) electrons. The van der Waals surface area contributed by atoms with Crippen LogP contribution < -0.4 is 0 Å². The molecule has 0 saturated heterocycles. The Morgan fingerprint density at radius 2 is 0.895 bits per heavy atom. The Bertz CT molecular complexity index is 1350. The Morgan fingerprint density at radius 3 is 1.24 bits per heavy atom. The van der Waals surface area contributed by atoms with Gasteiger partial charge in [0.2, 0.25) is 0 Å². The van der Waals surface area contributed by atoms with Crippen LogP contribution in [0, 0.1) is 13.8 Å². The van der Waals surface area contributed by atoms with Crippen LogP contribution in [0.4, 0.5) is 0 Å². The molecule has 4 aromatic rings. The van der Waals surface area contributed by atoms with Crippen molar-refractivity contribution >= 4 is 5.78 Å². The van der Waals surface area contributed by atoms with Gasteiger partial charge in [0.1, 0.15) is 40.3 Å². The lowest BCUT2D eigenvalue weighted by Gasteiger charge is -2.26. The van der Waals surface area contributed by atoms with Gasteiger partial charge < -0.3 is 30.6 Å². The van der Waals surface area contributed by atoms with E-state index in [1.165, 1.54) is 48.5 Å². The summed E-state index contributed by atoms with van der Waals surface area (Å²) in [6.45, 7) is 3.11. The van der Waals surface area contributed by atoms with E-state index in [0.717, 1.165) is 11.1 Å². The van der Waals surface area contributed by atoms with Gasteiger partial charge in [-0.05, 0) is 74.2 Å². The maximum atomic E-state index is 14.4. The molecule has 4 aromatic carbocycles. The van der Waals surface area contributed by atoms with Crippen LogP contribution in [0.2, 0.25) is 0 Å². The second-order valence-electron chi connectivity index (χ2n) is 9.54. The summed E-state index contributed by atoms with van der Waals surface area (Å²) in [5.41, 5.74) is 2.60. The van der Waals surface area contributed by atoms with E-state index < -0.39 is 11.8 Å². The van der Waals surface area contributed by atoms with Crippen molar-refractivity contribution < 1.29 is 35.4 Å². The fourth-order valence-corrected chi connectivity index (χ4v) is 4.69. The number of aromatic hydroxyl groups is 6. The number of phenols is 6.